The first kappa shape index (κ1) is 36.1. The van der Waals surface area contributed by atoms with Gasteiger partial charge in [-0.25, -0.2) is 0 Å². The van der Waals surface area contributed by atoms with Crippen molar-refractivity contribution >= 4 is 23.1 Å². The van der Waals surface area contributed by atoms with Gasteiger partial charge < -0.3 is 20.4 Å². The Morgan fingerprint density at radius 3 is 0.571 bits per heavy atom. The predicted octanol–water partition coefficient (Wildman–Crippen LogP) is -3.45. The van der Waals surface area contributed by atoms with E-state index in [9.17, 15) is 0 Å². The first-order valence-electron chi connectivity index (χ1n) is 3.98. The zero-order valence-corrected chi connectivity index (χ0v) is 12.6. The van der Waals surface area contributed by atoms with Crippen LogP contribution in [0.25, 0.3) is 0 Å². The molecule has 0 radical (unpaired) electrons. The van der Waals surface area contributed by atoms with Crippen molar-refractivity contribution in [3.05, 3.63) is 0 Å². The average Bonchev–Trinajstić information content (AvgIpc) is 1.92. The predicted molar refractivity (Wildman–Crippen MR) is 50.7 cm³/mol. The van der Waals surface area contributed by atoms with E-state index in [2.05, 4.69) is 0 Å². The molecule has 6 heteroatoms. The standard InChI is InChI=1S/4C2H5O.Hf.Mg.2H/c4*1-2-3;;;;/h4*2H2,1H3;;;;/q4*-1;+4;;;. The average molecular weight is 385 g/mol. The Morgan fingerprint density at radius 1 is 0.571 bits per heavy atom. The van der Waals surface area contributed by atoms with E-state index in [1.165, 1.54) is 0 Å². The van der Waals surface area contributed by atoms with Gasteiger partial charge in [0.05, 0.1) is 0 Å². The quantitative estimate of drug-likeness (QED) is 0.406. The third-order valence-electron chi connectivity index (χ3n) is 0. The molecule has 0 saturated carbocycles. The fraction of sp³-hybridized carbons (Fsp3) is 1.00. The largest absolute Gasteiger partial charge is 4.00 e. The van der Waals surface area contributed by atoms with E-state index in [0.29, 0.717) is 0 Å². The molecule has 0 rings (SSSR count). The van der Waals surface area contributed by atoms with Crippen molar-refractivity contribution in [3.63, 3.8) is 0 Å². The van der Waals surface area contributed by atoms with Gasteiger partial charge in [-0.2, -0.15) is 0 Å². The minimum absolute atomic E-state index is 0. The first-order chi connectivity index (χ1) is 5.66. The van der Waals surface area contributed by atoms with E-state index >= 15 is 0 Å². The van der Waals surface area contributed by atoms with Gasteiger partial charge in [-0.3, -0.25) is 0 Å². The van der Waals surface area contributed by atoms with Crippen molar-refractivity contribution in [2.24, 2.45) is 0 Å². The van der Waals surface area contributed by atoms with Gasteiger partial charge in [0.25, 0.3) is 0 Å². The minimum Gasteiger partial charge on any atom is -0.855 e. The molecule has 0 aromatic heterocycles. The fourth-order valence-corrected chi connectivity index (χ4v) is 0. The maximum absolute atomic E-state index is 8.93. The van der Waals surface area contributed by atoms with Crippen LogP contribution in [0.1, 0.15) is 27.7 Å². The zero-order valence-electron chi connectivity index (χ0n) is 8.96. The summed E-state index contributed by atoms with van der Waals surface area (Å²) < 4.78 is 0. The molecule has 0 unspecified atom stereocenters. The molecule has 0 fully saturated rings. The van der Waals surface area contributed by atoms with E-state index in [-0.39, 0.29) is 75.3 Å². The monoisotopic (exact) mass is 386 g/mol. The SMILES string of the molecule is CC[O-].CC[O-].CC[O-].CC[O-].[Hf+4].[MgH2]. The molecule has 0 N–H and O–H groups in total. The van der Waals surface area contributed by atoms with Crippen molar-refractivity contribution in [1.29, 1.82) is 0 Å². The third kappa shape index (κ3) is 962. The summed E-state index contributed by atoms with van der Waals surface area (Å²) >= 11 is 0. The van der Waals surface area contributed by atoms with Gasteiger partial charge in [0.2, 0.25) is 0 Å². The second-order valence-electron chi connectivity index (χ2n) is 1.15. The van der Waals surface area contributed by atoms with Gasteiger partial charge in [-0.15, -0.1) is 26.4 Å². The molecule has 0 aromatic rings. The molecular weight excluding hydrogens is 363 g/mol. The van der Waals surface area contributed by atoms with Gasteiger partial charge in [0, 0.05) is 0 Å². The Hall–Kier alpha value is 1.48. The van der Waals surface area contributed by atoms with Crippen LogP contribution in [0.3, 0.4) is 0 Å². The van der Waals surface area contributed by atoms with Crippen LogP contribution in [0.5, 0.6) is 0 Å². The summed E-state index contributed by atoms with van der Waals surface area (Å²) in [5.74, 6) is 0. The summed E-state index contributed by atoms with van der Waals surface area (Å²) in [6.07, 6.45) is 0. The molecule has 84 valence electrons. The van der Waals surface area contributed by atoms with Crippen molar-refractivity contribution < 1.29 is 46.3 Å². The molecule has 0 aliphatic rings. The van der Waals surface area contributed by atoms with Crippen LogP contribution in [-0.2, 0) is 25.8 Å². The van der Waals surface area contributed by atoms with Crippen molar-refractivity contribution in [1.82, 2.24) is 0 Å². The third-order valence-corrected chi connectivity index (χ3v) is 0. The van der Waals surface area contributed by atoms with Crippen LogP contribution in [-0.4, -0.2) is 49.5 Å². The summed E-state index contributed by atoms with van der Waals surface area (Å²) in [6.45, 7) is 6.28. The minimum atomic E-state index is 0. The van der Waals surface area contributed by atoms with Gasteiger partial charge in [0.1, 0.15) is 0 Å². The molecule has 0 aromatic carbocycles. The van der Waals surface area contributed by atoms with Crippen LogP contribution >= 0.6 is 0 Å². The second kappa shape index (κ2) is 87.7. The second-order valence-corrected chi connectivity index (χ2v) is 1.15. The van der Waals surface area contributed by atoms with Crippen LogP contribution in [0.4, 0.5) is 0 Å². The number of hydrogen-bond donors (Lipinski definition) is 0. The maximum atomic E-state index is 8.93. The van der Waals surface area contributed by atoms with E-state index in [1.54, 1.807) is 27.7 Å². The first-order valence-corrected chi connectivity index (χ1v) is 3.98. The molecule has 0 saturated heterocycles. The summed E-state index contributed by atoms with van der Waals surface area (Å²) in [5, 5.41) is 35.7. The van der Waals surface area contributed by atoms with E-state index in [4.69, 9.17) is 20.4 Å². The molecule has 0 amide bonds. The van der Waals surface area contributed by atoms with Crippen molar-refractivity contribution in [2.45, 2.75) is 27.7 Å². The smallest absolute Gasteiger partial charge is 0.855 e. The fourth-order valence-electron chi connectivity index (χ4n) is 0. The Labute approximate surface area is 123 Å². The van der Waals surface area contributed by atoms with E-state index in [1.807, 2.05) is 0 Å². The molecule has 0 heterocycles. The van der Waals surface area contributed by atoms with Gasteiger partial charge in [-0.05, 0) is 0 Å². The Kier molecular flexibility index (Phi) is 226. The Morgan fingerprint density at radius 2 is 0.571 bits per heavy atom. The molecule has 4 nitrogen and oxygen atoms in total. The molecule has 0 atom stereocenters. The zero-order chi connectivity index (χ0) is 10.8. The summed E-state index contributed by atoms with van der Waals surface area (Å²) in [5.41, 5.74) is 0. The molecule has 14 heavy (non-hydrogen) atoms. The van der Waals surface area contributed by atoms with E-state index < -0.39 is 0 Å². The van der Waals surface area contributed by atoms with Crippen molar-refractivity contribution in [2.75, 3.05) is 26.4 Å². The number of rotatable bonds is 0. The summed E-state index contributed by atoms with van der Waals surface area (Å²) in [7, 11) is 0. The summed E-state index contributed by atoms with van der Waals surface area (Å²) in [4.78, 5) is 0. The van der Waals surface area contributed by atoms with Crippen LogP contribution in [0.2, 0.25) is 0 Å². The Balaban J connectivity index is -0.0000000145. The van der Waals surface area contributed by atoms with Gasteiger partial charge >= 0.3 is 48.9 Å². The van der Waals surface area contributed by atoms with Crippen LogP contribution in [0, 0.1) is 0 Å². The number of hydrogen-bond acceptors (Lipinski definition) is 4. The van der Waals surface area contributed by atoms with Crippen LogP contribution in [0.15, 0.2) is 0 Å². The van der Waals surface area contributed by atoms with Gasteiger partial charge in [-0.1, -0.05) is 27.7 Å². The molecular formula is C8H22HfMgO4. The topological polar surface area (TPSA) is 92.2 Å². The van der Waals surface area contributed by atoms with Crippen molar-refractivity contribution in [3.8, 4) is 0 Å². The Bertz CT molecular complexity index is 29.3. The van der Waals surface area contributed by atoms with Gasteiger partial charge in [0.15, 0.2) is 0 Å². The van der Waals surface area contributed by atoms with E-state index in [0.717, 1.165) is 0 Å². The molecule has 0 aliphatic heterocycles. The summed E-state index contributed by atoms with van der Waals surface area (Å²) in [6, 6.07) is 0. The van der Waals surface area contributed by atoms with Crippen LogP contribution < -0.4 is 20.4 Å². The molecule has 0 bridgehead atoms. The molecule has 0 aliphatic carbocycles. The maximum Gasteiger partial charge on any atom is 4.00 e. The normalized spacial score (nSPS) is 5.14. The molecule has 0 spiro atoms.